The fraction of sp³-hybridized carbons (Fsp3) is 0.294. The van der Waals surface area contributed by atoms with E-state index in [0.717, 1.165) is 36.1 Å². The van der Waals surface area contributed by atoms with Gasteiger partial charge in [0.05, 0.1) is 11.0 Å². The zero-order valence-corrected chi connectivity index (χ0v) is 12.3. The molecule has 5 nitrogen and oxygen atoms in total. The number of allylic oxidation sites excluding steroid dienone is 1. The van der Waals surface area contributed by atoms with Gasteiger partial charge < -0.3 is 10.5 Å². The van der Waals surface area contributed by atoms with Gasteiger partial charge in [0.25, 0.3) is 0 Å². The number of benzene rings is 1. The average Bonchev–Trinajstić information content (AvgIpc) is 2.89. The van der Waals surface area contributed by atoms with E-state index in [1.807, 2.05) is 19.1 Å². The van der Waals surface area contributed by atoms with Crippen LogP contribution in [0.5, 0.6) is 5.88 Å². The maximum atomic E-state index is 9.76. The number of rotatable bonds is 0. The number of hydrogen-bond donors (Lipinski definition) is 2. The van der Waals surface area contributed by atoms with Crippen molar-refractivity contribution >= 4 is 0 Å². The fourth-order valence-electron chi connectivity index (χ4n) is 3.98. The van der Waals surface area contributed by atoms with Crippen LogP contribution in [0.4, 0.5) is 0 Å². The zero-order valence-electron chi connectivity index (χ0n) is 12.3. The van der Waals surface area contributed by atoms with Gasteiger partial charge in [-0.1, -0.05) is 24.3 Å². The van der Waals surface area contributed by atoms with E-state index >= 15 is 0 Å². The van der Waals surface area contributed by atoms with Gasteiger partial charge in [0.15, 0.2) is 0 Å². The summed E-state index contributed by atoms with van der Waals surface area (Å²) >= 11 is 0. The van der Waals surface area contributed by atoms with E-state index in [2.05, 4.69) is 28.4 Å². The highest BCUT2D eigenvalue weighted by Gasteiger charge is 2.50. The molecule has 1 aromatic carbocycles. The second-order valence-electron chi connectivity index (χ2n) is 5.90. The Morgan fingerprint density at radius 2 is 2.23 bits per heavy atom. The number of aromatic amines is 1. The van der Waals surface area contributed by atoms with Crippen LogP contribution >= 0.6 is 0 Å². The van der Waals surface area contributed by atoms with E-state index in [4.69, 9.17) is 10.5 Å². The van der Waals surface area contributed by atoms with Gasteiger partial charge in [0.2, 0.25) is 11.8 Å². The second kappa shape index (κ2) is 4.38. The maximum absolute atomic E-state index is 9.76. The molecule has 0 bridgehead atoms. The van der Waals surface area contributed by atoms with Crippen molar-refractivity contribution in [3.63, 3.8) is 0 Å². The third-order valence-electron chi connectivity index (χ3n) is 4.81. The topological polar surface area (TPSA) is 87.7 Å². The molecule has 0 saturated carbocycles. The van der Waals surface area contributed by atoms with Crippen molar-refractivity contribution < 1.29 is 4.74 Å². The van der Waals surface area contributed by atoms with Gasteiger partial charge in [-0.3, -0.25) is 5.10 Å². The number of nitrogens with zero attached hydrogens (tertiary/aromatic N) is 2. The summed E-state index contributed by atoms with van der Waals surface area (Å²) in [4.78, 5) is 0. The Kier molecular flexibility index (Phi) is 2.58. The lowest BCUT2D eigenvalue weighted by Gasteiger charge is -2.41. The van der Waals surface area contributed by atoms with Crippen LogP contribution in [0.25, 0.3) is 0 Å². The molecule has 1 unspecified atom stereocenters. The predicted molar refractivity (Wildman–Crippen MR) is 80.9 cm³/mol. The number of hydrogen-bond acceptors (Lipinski definition) is 4. The smallest absolute Gasteiger partial charge is 0.244 e. The zero-order chi connectivity index (χ0) is 15.3. The molecule has 2 heterocycles. The van der Waals surface area contributed by atoms with Crippen molar-refractivity contribution in [2.45, 2.75) is 31.6 Å². The molecule has 2 aliphatic rings. The van der Waals surface area contributed by atoms with Crippen LogP contribution in [0, 0.1) is 18.3 Å². The van der Waals surface area contributed by atoms with Gasteiger partial charge in [-0.15, -0.1) is 5.10 Å². The molecule has 1 aromatic heterocycles. The Labute approximate surface area is 128 Å². The van der Waals surface area contributed by atoms with Crippen molar-refractivity contribution in [1.82, 2.24) is 10.2 Å². The Hall–Kier alpha value is -2.74. The molecular formula is C17H16N4O. The first-order chi connectivity index (χ1) is 10.7. The lowest BCUT2D eigenvalue weighted by atomic mass is 9.61. The summed E-state index contributed by atoms with van der Waals surface area (Å²) in [5.74, 6) is 0.656. The van der Waals surface area contributed by atoms with Gasteiger partial charge in [-0.05, 0) is 37.3 Å². The highest BCUT2D eigenvalue weighted by Crippen LogP contribution is 2.53. The normalized spacial score (nSPS) is 22.7. The summed E-state index contributed by atoms with van der Waals surface area (Å²) in [6.45, 7) is 1.96. The van der Waals surface area contributed by atoms with Crippen LogP contribution in [0.15, 0.2) is 35.7 Å². The molecule has 1 aliphatic carbocycles. The molecule has 0 fully saturated rings. The number of H-pyrrole nitrogens is 1. The lowest BCUT2D eigenvalue weighted by molar-refractivity contribution is 0.342. The summed E-state index contributed by atoms with van der Waals surface area (Å²) in [6, 6.07) is 10.6. The number of nitrogens with one attached hydrogen (secondary N) is 1. The molecule has 1 aliphatic heterocycles. The fourth-order valence-corrected chi connectivity index (χ4v) is 3.98. The van der Waals surface area contributed by atoms with E-state index in [9.17, 15) is 5.26 Å². The monoisotopic (exact) mass is 292 g/mol. The summed E-state index contributed by atoms with van der Waals surface area (Å²) < 4.78 is 5.59. The number of nitriles is 1. The van der Waals surface area contributed by atoms with E-state index in [1.165, 1.54) is 5.56 Å². The quantitative estimate of drug-likeness (QED) is 0.780. The molecular weight excluding hydrogens is 276 g/mol. The molecule has 0 saturated heterocycles. The van der Waals surface area contributed by atoms with Crippen molar-refractivity contribution in [2.24, 2.45) is 5.73 Å². The molecule has 5 heteroatoms. The van der Waals surface area contributed by atoms with Crippen LogP contribution in [0.1, 0.15) is 35.2 Å². The number of fused-ring (bicyclic) bond motifs is 4. The highest BCUT2D eigenvalue weighted by atomic mass is 16.5. The molecule has 0 radical (unpaired) electrons. The molecule has 1 spiro atoms. The van der Waals surface area contributed by atoms with Crippen LogP contribution in [0.2, 0.25) is 0 Å². The first-order valence-electron chi connectivity index (χ1n) is 7.40. The summed E-state index contributed by atoms with van der Waals surface area (Å²) in [7, 11) is 0. The molecule has 1 atom stereocenters. The van der Waals surface area contributed by atoms with Gasteiger partial charge in [0.1, 0.15) is 11.6 Å². The molecule has 110 valence electrons. The SMILES string of the molecule is Cc1[nH]nc2c1C1(CCCc3ccccc31)C(C#N)=C(N)O2. The molecule has 22 heavy (non-hydrogen) atoms. The third-order valence-corrected chi connectivity index (χ3v) is 4.81. The van der Waals surface area contributed by atoms with Crippen LogP contribution in [-0.4, -0.2) is 10.2 Å². The van der Waals surface area contributed by atoms with E-state index < -0.39 is 5.41 Å². The van der Waals surface area contributed by atoms with Crippen molar-refractivity contribution in [3.05, 3.63) is 58.1 Å². The maximum Gasteiger partial charge on any atom is 0.244 e. The Balaban J connectivity index is 2.13. The summed E-state index contributed by atoms with van der Waals surface area (Å²) in [5, 5.41) is 17.0. The first kappa shape index (κ1) is 13.0. The third kappa shape index (κ3) is 1.44. The van der Waals surface area contributed by atoms with Crippen molar-refractivity contribution in [3.8, 4) is 11.9 Å². The van der Waals surface area contributed by atoms with E-state index in [1.54, 1.807) is 0 Å². The Bertz CT molecular complexity index is 843. The number of ether oxygens (including phenoxy) is 1. The van der Waals surface area contributed by atoms with Gasteiger partial charge in [-0.25, -0.2) is 0 Å². The number of aromatic nitrogens is 2. The highest BCUT2D eigenvalue weighted by molar-refractivity contribution is 5.63. The predicted octanol–water partition coefficient (Wildman–Crippen LogP) is 2.43. The second-order valence-corrected chi connectivity index (χ2v) is 5.90. The van der Waals surface area contributed by atoms with Crippen LogP contribution in [-0.2, 0) is 11.8 Å². The minimum atomic E-state index is -0.543. The molecule has 0 amide bonds. The minimum Gasteiger partial charge on any atom is -0.420 e. The Morgan fingerprint density at radius 3 is 3.05 bits per heavy atom. The minimum absolute atomic E-state index is 0.165. The van der Waals surface area contributed by atoms with E-state index in [-0.39, 0.29) is 5.88 Å². The largest absolute Gasteiger partial charge is 0.420 e. The van der Waals surface area contributed by atoms with Gasteiger partial charge >= 0.3 is 0 Å². The lowest BCUT2D eigenvalue weighted by Crippen LogP contribution is -2.39. The van der Waals surface area contributed by atoms with Gasteiger partial charge in [-0.2, -0.15) is 5.26 Å². The first-order valence-corrected chi connectivity index (χ1v) is 7.40. The standard InChI is InChI=1S/C17H16N4O/c1-10-14-16(21-20-10)22-15(19)13(9-18)17(14)8-4-6-11-5-2-3-7-12(11)17/h2-3,5,7H,4,6,8,19H2,1H3,(H,20,21). The summed E-state index contributed by atoms with van der Waals surface area (Å²) in [5.41, 5.74) is 10.3. The van der Waals surface area contributed by atoms with Crippen molar-refractivity contribution in [1.29, 1.82) is 5.26 Å². The molecule has 3 N–H and O–H groups in total. The average molecular weight is 292 g/mol. The summed E-state index contributed by atoms with van der Waals surface area (Å²) in [6.07, 6.45) is 2.85. The Morgan fingerprint density at radius 1 is 1.41 bits per heavy atom. The van der Waals surface area contributed by atoms with Crippen LogP contribution in [0.3, 0.4) is 0 Å². The number of nitrogens with two attached hydrogens (primary N) is 1. The molecule has 2 aromatic rings. The van der Waals surface area contributed by atoms with Gasteiger partial charge in [0, 0.05) is 5.69 Å². The van der Waals surface area contributed by atoms with Crippen LogP contribution < -0.4 is 10.5 Å². The van der Waals surface area contributed by atoms with E-state index in [0.29, 0.717) is 11.5 Å². The molecule has 4 rings (SSSR count). The number of aryl methyl sites for hydroxylation is 2. The van der Waals surface area contributed by atoms with Crippen molar-refractivity contribution in [2.75, 3.05) is 0 Å².